The van der Waals surface area contributed by atoms with Gasteiger partial charge in [0, 0.05) is 27.7 Å². The third-order valence-corrected chi connectivity index (χ3v) is 10.4. The SMILES string of the molecule is Cc1cccc(C)c1-c1ccc2c3ccc(Oc4ccc5c6cccnc6n6c7ccccc7nc6c5c4)cc3c3nc4ccccc4n3c2c1. The van der Waals surface area contributed by atoms with Crippen molar-refractivity contribution in [3.63, 3.8) is 0 Å². The Morgan fingerprint density at radius 3 is 1.76 bits per heavy atom. The minimum Gasteiger partial charge on any atom is -0.457 e. The maximum Gasteiger partial charge on any atom is 0.147 e. The van der Waals surface area contributed by atoms with Gasteiger partial charge in [-0.05, 0) is 126 Å². The molecule has 0 aliphatic carbocycles. The molecule has 0 spiro atoms. The first-order chi connectivity index (χ1) is 25.1. The fraction of sp³-hybridized carbons (Fsp3) is 0.0444. The van der Waals surface area contributed by atoms with Gasteiger partial charge in [0.05, 0.1) is 27.6 Å². The molecule has 0 unspecified atom stereocenters. The summed E-state index contributed by atoms with van der Waals surface area (Å²) in [5.74, 6) is 1.48. The molecule has 0 N–H and O–H groups in total. The van der Waals surface area contributed by atoms with Gasteiger partial charge in [0.25, 0.3) is 0 Å². The second-order valence-corrected chi connectivity index (χ2v) is 13.4. The lowest BCUT2D eigenvalue weighted by atomic mass is 9.94. The highest BCUT2D eigenvalue weighted by Crippen LogP contribution is 2.39. The van der Waals surface area contributed by atoms with Crippen LogP contribution in [0.25, 0.3) is 88.0 Å². The van der Waals surface area contributed by atoms with E-state index in [1.807, 2.05) is 36.5 Å². The van der Waals surface area contributed by atoms with Crippen LogP contribution in [-0.2, 0) is 0 Å². The molecule has 0 aliphatic heterocycles. The maximum absolute atomic E-state index is 6.68. The van der Waals surface area contributed by atoms with Crippen molar-refractivity contribution in [2.45, 2.75) is 13.8 Å². The van der Waals surface area contributed by atoms with Crippen LogP contribution >= 0.6 is 0 Å². The van der Waals surface area contributed by atoms with Gasteiger partial charge < -0.3 is 4.74 Å². The zero-order chi connectivity index (χ0) is 33.8. The van der Waals surface area contributed by atoms with Crippen molar-refractivity contribution < 1.29 is 4.74 Å². The van der Waals surface area contributed by atoms with Crippen molar-refractivity contribution in [2.75, 3.05) is 0 Å². The van der Waals surface area contributed by atoms with Gasteiger partial charge in [-0.25, -0.2) is 15.0 Å². The third kappa shape index (κ3) is 4.01. The minimum absolute atomic E-state index is 0.739. The lowest BCUT2D eigenvalue weighted by molar-refractivity contribution is 0.484. The lowest BCUT2D eigenvalue weighted by Crippen LogP contribution is -1.95. The molecule has 0 saturated heterocycles. The summed E-state index contributed by atoms with van der Waals surface area (Å²) in [6, 6.07) is 46.6. The van der Waals surface area contributed by atoms with Crippen molar-refractivity contribution in [1.29, 1.82) is 0 Å². The molecule has 0 aliphatic rings. The van der Waals surface area contributed by atoms with Crippen LogP contribution in [0.5, 0.6) is 11.5 Å². The number of para-hydroxylation sites is 4. The molecule has 6 nitrogen and oxygen atoms in total. The number of aryl methyl sites for hydroxylation is 2. The van der Waals surface area contributed by atoms with E-state index in [4.69, 9.17) is 19.7 Å². The Labute approximate surface area is 291 Å². The van der Waals surface area contributed by atoms with Crippen molar-refractivity contribution >= 4 is 76.8 Å². The highest BCUT2D eigenvalue weighted by molar-refractivity contribution is 6.15. The third-order valence-electron chi connectivity index (χ3n) is 10.4. The molecule has 5 heterocycles. The molecule has 0 saturated carbocycles. The number of hydrogen-bond donors (Lipinski definition) is 0. The summed E-state index contributed by atoms with van der Waals surface area (Å²) in [6.45, 7) is 4.37. The van der Waals surface area contributed by atoms with E-state index in [2.05, 4.69) is 126 Å². The first-order valence-corrected chi connectivity index (χ1v) is 17.2. The van der Waals surface area contributed by atoms with Gasteiger partial charge in [-0.15, -0.1) is 0 Å². The van der Waals surface area contributed by atoms with Crippen molar-refractivity contribution in [3.8, 4) is 22.6 Å². The van der Waals surface area contributed by atoms with E-state index >= 15 is 0 Å². The van der Waals surface area contributed by atoms with Crippen molar-refractivity contribution in [2.24, 2.45) is 0 Å². The molecule has 0 amide bonds. The molecule has 0 fully saturated rings. The topological polar surface area (TPSA) is 56.7 Å². The van der Waals surface area contributed by atoms with E-state index in [1.165, 1.54) is 27.6 Å². The molecule has 0 radical (unpaired) electrons. The molecule has 0 bridgehead atoms. The van der Waals surface area contributed by atoms with Gasteiger partial charge in [-0.1, -0.05) is 54.6 Å². The first kappa shape index (κ1) is 28.1. The van der Waals surface area contributed by atoms with Gasteiger partial charge in [-0.2, -0.15) is 0 Å². The van der Waals surface area contributed by atoms with E-state index in [1.54, 1.807) is 0 Å². The molecule has 240 valence electrons. The zero-order valence-electron chi connectivity index (χ0n) is 27.9. The standard InChI is InChI=1S/C45H29N5O/c1-26-9-7-10-27(2)42(26)28-16-19-33-31-20-17-29(24-35(31)44-47-37-12-3-5-14-39(37)49(44)41(33)23-28)51-30-18-21-32-34-11-8-22-46-43(34)50-40-15-6-4-13-38(40)48-45(50)36(32)25-30/h3-25H,1-2H3. The second kappa shape index (κ2) is 10.4. The van der Waals surface area contributed by atoms with Crippen LogP contribution in [0, 0.1) is 13.8 Å². The Balaban J connectivity index is 1.12. The number of benzene rings is 6. The fourth-order valence-electron chi connectivity index (χ4n) is 8.18. The predicted molar refractivity (Wildman–Crippen MR) is 208 cm³/mol. The first-order valence-electron chi connectivity index (χ1n) is 17.2. The molecule has 6 heteroatoms. The predicted octanol–water partition coefficient (Wildman–Crippen LogP) is 11.4. The number of imidazole rings is 2. The van der Waals surface area contributed by atoms with Crippen LogP contribution in [0.15, 0.2) is 140 Å². The Morgan fingerprint density at radius 2 is 1.06 bits per heavy atom. The normalized spacial score (nSPS) is 12.1. The summed E-state index contributed by atoms with van der Waals surface area (Å²) in [4.78, 5) is 15.0. The Morgan fingerprint density at radius 1 is 0.451 bits per heavy atom. The molecule has 51 heavy (non-hydrogen) atoms. The summed E-state index contributed by atoms with van der Waals surface area (Å²) in [6.07, 6.45) is 1.84. The van der Waals surface area contributed by atoms with E-state index in [9.17, 15) is 0 Å². The van der Waals surface area contributed by atoms with Gasteiger partial charge in [0.1, 0.15) is 28.4 Å². The number of pyridine rings is 3. The Hall–Kier alpha value is -6.79. The Kier molecular flexibility index (Phi) is 5.71. The highest BCUT2D eigenvalue weighted by atomic mass is 16.5. The van der Waals surface area contributed by atoms with E-state index in [-0.39, 0.29) is 0 Å². The lowest BCUT2D eigenvalue weighted by Gasteiger charge is -2.15. The highest BCUT2D eigenvalue weighted by Gasteiger charge is 2.18. The van der Waals surface area contributed by atoms with Gasteiger partial charge in [0.2, 0.25) is 0 Å². The average molecular weight is 656 g/mol. The molecule has 11 rings (SSSR count). The molecular formula is C45H29N5O. The van der Waals surface area contributed by atoms with Crippen LogP contribution in [0.2, 0.25) is 0 Å². The summed E-state index contributed by atoms with van der Waals surface area (Å²) < 4.78 is 11.1. The van der Waals surface area contributed by atoms with Crippen LogP contribution < -0.4 is 4.74 Å². The average Bonchev–Trinajstić information content (AvgIpc) is 3.75. The summed E-state index contributed by atoms with van der Waals surface area (Å²) >= 11 is 0. The van der Waals surface area contributed by atoms with Gasteiger partial charge in [-0.3, -0.25) is 8.80 Å². The van der Waals surface area contributed by atoms with Gasteiger partial charge in [0.15, 0.2) is 0 Å². The molecule has 5 aromatic heterocycles. The number of aromatic nitrogens is 5. The van der Waals surface area contributed by atoms with E-state index in [0.29, 0.717) is 0 Å². The summed E-state index contributed by atoms with van der Waals surface area (Å²) in [7, 11) is 0. The van der Waals surface area contributed by atoms with E-state index in [0.717, 1.165) is 83.0 Å². The maximum atomic E-state index is 6.68. The summed E-state index contributed by atoms with van der Waals surface area (Å²) in [5, 5.41) is 6.51. The van der Waals surface area contributed by atoms with Gasteiger partial charge >= 0.3 is 0 Å². The number of nitrogens with zero attached hydrogens (tertiary/aromatic N) is 5. The molecule has 11 aromatic rings. The van der Waals surface area contributed by atoms with Crippen molar-refractivity contribution in [3.05, 3.63) is 151 Å². The number of rotatable bonds is 3. The molecule has 6 aromatic carbocycles. The number of fused-ring (bicyclic) bond motifs is 16. The largest absolute Gasteiger partial charge is 0.457 e. The quantitative estimate of drug-likeness (QED) is 0.178. The summed E-state index contributed by atoms with van der Waals surface area (Å²) in [5.41, 5.74) is 12.8. The zero-order valence-corrected chi connectivity index (χ0v) is 27.9. The van der Waals surface area contributed by atoms with Crippen LogP contribution in [-0.4, -0.2) is 23.8 Å². The number of hydrogen-bond acceptors (Lipinski definition) is 4. The van der Waals surface area contributed by atoms with Crippen LogP contribution in [0.4, 0.5) is 0 Å². The monoisotopic (exact) mass is 655 g/mol. The number of ether oxygens (including phenoxy) is 1. The van der Waals surface area contributed by atoms with Crippen LogP contribution in [0.1, 0.15) is 11.1 Å². The van der Waals surface area contributed by atoms with Crippen molar-refractivity contribution in [1.82, 2.24) is 23.8 Å². The van der Waals surface area contributed by atoms with E-state index < -0.39 is 0 Å². The molecule has 0 atom stereocenters. The minimum atomic E-state index is 0.739. The molecular weight excluding hydrogens is 627 g/mol. The Bertz CT molecular complexity index is 3240. The smallest absolute Gasteiger partial charge is 0.147 e. The second-order valence-electron chi connectivity index (χ2n) is 13.4. The fourth-order valence-corrected chi connectivity index (χ4v) is 8.18. The van der Waals surface area contributed by atoms with Crippen LogP contribution in [0.3, 0.4) is 0 Å².